The molecule has 8 heteroatoms. The number of hydrogen-bond acceptors (Lipinski definition) is 7. The van der Waals surface area contributed by atoms with Crippen molar-refractivity contribution in [3.05, 3.63) is 64.7 Å². The zero-order chi connectivity index (χ0) is 23.3. The fourth-order valence-corrected chi connectivity index (χ4v) is 4.38. The molecular weight excluding hydrogens is 432 g/mol. The van der Waals surface area contributed by atoms with Crippen molar-refractivity contribution < 1.29 is 34.7 Å². The molecule has 32 heavy (non-hydrogen) atoms. The molecule has 0 saturated carbocycles. The van der Waals surface area contributed by atoms with Crippen LogP contribution in [0.15, 0.2) is 42.5 Å². The third-order valence-electron chi connectivity index (χ3n) is 5.63. The van der Waals surface area contributed by atoms with E-state index in [4.69, 9.17) is 14.6 Å². The summed E-state index contributed by atoms with van der Waals surface area (Å²) < 4.78 is 11.5. The second-order valence-electron chi connectivity index (χ2n) is 7.98. The molecule has 1 heterocycles. The van der Waals surface area contributed by atoms with Gasteiger partial charge >= 0.3 is 5.97 Å². The Hall–Kier alpha value is -2.10. The van der Waals surface area contributed by atoms with Crippen molar-refractivity contribution in [1.29, 1.82) is 0 Å². The number of aliphatic hydroxyl groups excluding tert-OH is 3. The first-order valence-corrected chi connectivity index (χ1v) is 11.8. The van der Waals surface area contributed by atoms with Crippen LogP contribution in [-0.2, 0) is 16.0 Å². The fraction of sp³-hybridized carbons (Fsp3) is 0.458. The molecule has 1 fully saturated rings. The summed E-state index contributed by atoms with van der Waals surface area (Å²) in [5.74, 6) is -0.138. The number of thioether (sulfide) groups is 1. The minimum absolute atomic E-state index is 0.0841. The van der Waals surface area contributed by atoms with Crippen LogP contribution in [0.5, 0.6) is 5.75 Å². The minimum Gasteiger partial charge on any atom is -0.494 e. The van der Waals surface area contributed by atoms with E-state index < -0.39 is 35.8 Å². The van der Waals surface area contributed by atoms with E-state index in [1.165, 1.54) is 11.8 Å². The Balaban J connectivity index is 1.69. The number of aliphatic carboxylic acids is 1. The maximum atomic E-state index is 10.6. The Morgan fingerprint density at radius 3 is 2.44 bits per heavy atom. The maximum absolute atomic E-state index is 10.6. The van der Waals surface area contributed by atoms with E-state index in [-0.39, 0.29) is 6.42 Å². The van der Waals surface area contributed by atoms with E-state index in [2.05, 4.69) is 0 Å². The highest BCUT2D eigenvalue weighted by atomic mass is 32.2. The highest BCUT2D eigenvalue weighted by Crippen LogP contribution is 2.36. The first-order chi connectivity index (χ1) is 15.3. The minimum atomic E-state index is -1.28. The van der Waals surface area contributed by atoms with Gasteiger partial charge in [0.25, 0.3) is 0 Å². The summed E-state index contributed by atoms with van der Waals surface area (Å²) in [6.45, 7) is 2.37. The predicted molar refractivity (Wildman–Crippen MR) is 122 cm³/mol. The standard InChI is InChI=1S/C24H30O7S/c1-14-5-8-16(23-21(28)20(27)22(29)24(31-23)32-2)13-17(14)12-15-6-9-18(10-7-15)30-11-3-4-19(25)26/h5-10,13,20-24,27-29H,3-4,11-12H2,1-2H3,(H,25,26). The molecule has 0 aliphatic carbocycles. The van der Waals surface area contributed by atoms with Gasteiger partial charge in [0.1, 0.15) is 35.6 Å². The van der Waals surface area contributed by atoms with Gasteiger partial charge in [0, 0.05) is 6.42 Å². The molecule has 0 bridgehead atoms. The van der Waals surface area contributed by atoms with E-state index in [1.54, 1.807) is 6.26 Å². The average Bonchev–Trinajstić information content (AvgIpc) is 2.78. The lowest BCUT2D eigenvalue weighted by Crippen LogP contribution is -2.52. The number of carbonyl (C=O) groups is 1. The molecule has 0 amide bonds. The van der Waals surface area contributed by atoms with Gasteiger partial charge in [-0.1, -0.05) is 30.3 Å². The zero-order valence-electron chi connectivity index (χ0n) is 18.2. The second-order valence-corrected chi connectivity index (χ2v) is 8.92. The van der Waals surface area contributed by atoms with Gasteiger partial charge < -0.3 is 29.9 Å². The molecule has 1 aliphatic heterocycles. The van der Waals surface area contributed by atoms with Crippen LogP contribution in [0.3, 0.4) is 0 Å². The SMILES string of the molecule is CSC1OC(c2ccc(C)c(Cc3ccc(OCCCC(=O)O)cc3)c2)C(O)C(O)C1O. The smallest absolute Gasteiger partial charge is 0.303 e. The predicted octanol–water partition coefficient (Wildman–Crippen LogP) is 2.67. The molecule has 4 N–H and O–H groups in total. The number of carboxylic acid groups (broad SMARTS) is 1. The number of aryl methyl sites for hydroxylation is 1. The normalized spacial score (nSPS) is 25.5. The van der Waals surface area contributed by atoms with Crippen LogP contribution in [0.4, 0.5) is 0 Å². The molecule has 2 aromatic rings. The summed E-state index contributed by atoms with van der Waals surface area (Å²) >= 11 is 1.29. The molecule has 5 atom stereocenters. The van der Waals surface area contributed by atoms with Crippen LogP contribution in [0.25, 0.3) is 0 Å². The van der Waals surface area contributed by atoms with Crippen molar-refractivity contribution in [3.63, 3.8) is 0 Å². The van der Waals surface area contributed by atoms with Crippen LogP contribution in [0.2, 0.25) is 0 Å². The van der Waals surface area contributed by atoms with Gasteiger partial charge in [0.2, 0.25) is 0 Å². The van der Waals surface area contributed by atoms with Gasteiger partial charge in [-0.25, -0.2) is 0 Å². The Labute approximate surface area is 192 Å². The molecule has 0 radical (unpaired) electrons. The van der Waals surface area contributed by atoms with Gasteiger partial charge in [-0.2, -0.15) is 0 Å². The van der Waals surface area contributed by atoms with Crippen LogP contribution < -0.4 is 4.74 Å². The van der Waals surface area contributed by atoms with Gasteiger partial charge in [0.05, 0.1) is 6.61 Å². The fourth-order valence-electron chi connectivity index (χ4n) is 3.71. The Morgan fingerprint density at radius 1 is 1.06 bits per heavy atom. The summed E-state index contributed by atoms with van der Waals surface area (Å²) in [7, 11) is 0. The first-order valence-electron chi connectivity index (χ1n) is 10.6. The Bertz CT molecular complexity index is 900. The summed E-state index contributed by atoms with van der Waals surface area (Å²) in [4.78, 5) is 10.6. The number of hydrogen-bond donors (Lipinski definition) is 4. The summed E-state index contributed by atoms with van der Waals surface area (Å²) in [6.07, 6.45) is -1.38. The molecule has 0 aromatic heterocycles. The summed E-state index contributed by atoms with van der Waals surface area (Å²) in [5, 5.41) is 39.5. The largest absolute Gasteiger partial charge is 0.494 e. The third-order valence-corrected chi connectivity index (χ3v) is 6.48. The average molecular weight is 463 g/mol. The van der Waals surface area contributed by atoms with E-state index in [0.29, 0.717) is 25.2 Å². The molecule has 1 aliphatic rings. The maximum Gasteiger partial charge on any atom is 0.303 e. The van der Waals surface area contributed by atoms with Gasteiger partial charge in [-0.05, 0) is 60.4 Å². The quantitative estimate of drug-likeness (QED) is 0.421. The van der Waals surface area contributed by atoms with Crippen molar-refractivity contribution in [3.8, 4) is 5.75 Å². The van der Waals surface area contributed by atoms with Crippen molar-refractivity contribution in [2.75, 3.05) is 12.9 Å². The van der Waals surface area contributed by atoms with E-state index in [9.17, 15) is 20.1 Å². The van der Waals surface area contributed by atoms with Crippen LogP contribution >= 0.6 is 11.8 Å². The number of ether oxygens (including phenoxy) is 2. The highest BCUT2D eigenvalue weighted by molar-refractivity contribution is 7.99. The lowest BCUT2D eigenvalue weighted by Gasteiger charge is -2.40. The van der Waals surface area contributed by atoms with Gasteiger partial charge in [-0.3, -0.25) is 4.79 Å². The molecule has 2 aromatic carbocycles. The lowest BCUT2D eigenvalue weighted by molar-refractivity contribution is -0.200. The molecular formula is C24H30O7S. The van der Waals surface area contributed by atoms with Crippen LogP contribution in [0.1, 0.15) is 41.2 Å². The van der Waals surface area contributed by atoms with E-state index >= 15 is 0 Å². The van der Waals surface area contributed by atoms with Crippen molar-refractivity contribution in [2.45, 2.75) is 56.0 Å². The zero-order valence-corrected chi connectivity index (χ0v) is 19.0. The third kappa shape index (κ3) is 6.02. The van der Waals surface area contributed by atoms with E-state index in [0.717, 1.165) is 22.3 Å². The molecule has 3 rings (SSSR count). The van der Waals surface area contributed by atoms with Crippen LogP contribution in [-0.4, -0.2) is 63.0 Å². The second kappa shape index (κ2) is 11.2. The molecule has 1 saturated heterocycles. The first kappa shape index (κ1) is 24.5. The summed E-state index contributed by atoms with van der Waals surface area (Å²) in [6, 6.07) is 13.5. The number of benzene rings is 2. The molecule has 174 valence electrons. The van der Waals surface area contributed by atoms with Crippen molar-refractivity contribution in [2.24, 2.45) is 0 Å². The van der Waals surface area contributed by atoms with Crippen molar-refractivity contribution in [1.82, 2.24) is 0 Å². The van der Waals surface area contributed by atoms with E-state index in [1.807, 2.05) is 49.4 Å². The Morgan fingerprint density at radius 2 is 1.78 bits per heavy atom. The molecule has 0 spiro atoms. The molecule has 7 nitrogen and oxygen atoms in total. The van der Waals surface area contributed by atoms with Crippen LogP contribution in [0, 0.1) is 6.92 Å². The van der Waals surface area contributed by atoms with Crippen molar-refractivity contribution >= 4 is 17.7 Å². The number of aliphatic hydroxyl groups is 3. The van der Waals surface area contributed by atoms with Gasteiger partial charge in [-0.15, -0.1) is 11.8 Å². The highest BCUT2D eigenvalue weighted by Gasteiger charge is 2.44. The molecule has 5 unspecified atom stereocenters. The van der Waals surface area contributed by atoms with Gasteiger partial charge in [0.15, 0.2) is 0 Å². The lowest BCUT2D eigenvalue weighted by atomic mass is 9.91. The topological polar surface area (TPSA) is 116 Å². The monoisotopic (exact) mass is 462 g/mol. The summed E-state index contributed by atoms with van der Waals surface area (Å²) in [5.41, 5.74) is 3.36. The Kier molecular flexibility index (Phi) is 8.56. The number of carboxylic acids is 1. The number of rotatable bonds is 9.